The average Bonchev–Trinajstić information content (AvgIpc) is 2.85. The maximum Gasteiger partial charge on any atom is 0.156 e. The maximum absolute atomic E-state index is 4.50. The van der Waals surface area contributed by atoms with Crippen molar-refractivity contribution in [3.8, 4) is 0 Å². The molecule has 2 heterocycles. The predicted octanol–water partition coefficient (Wildman–Crippen LogP) is 4.17. The molecule has 2 rings (SSSR count). The van der Waals surface area contributed by atoms with Crippen molar-refractivity contribution in [2.45, 2.75) is 49.4 Å². The Kier molecular flexibility index (Phi) is 5.79. The van der Waals surface area contributed by atoms with E-state index in [0.717, 1.165) is 46.7 Å². The number of hydrogen-bond donors (Lipinski definition) is 1. The van der Waals surface area contributed by atoms with Crippen molar-refractivity contribution < 1.29 is 0 Å². The molecule has 108 valence electrons. The van der Waals surface area contributed by atoms with Crippen molar-refractivity contribution >= 4 is 28.9 Å². The summed E-state index contributed by atoms with van der Waals surface area (Å²) in [5.74, 6) is 0.972. The first kappa shape index (κ1) is 15.3. The highest BCUT2D eigenvalue weighted by atomic mass is 32.2. The van der Waals surface area contributed by atoms with E-state index < -0.39 is 0 Å². The van der Waals surface area contributed by atoms with Crippen LogP contribution in [0.4, 0.5) is 5.82 Å². The third-order valence-electron chi connectivity index (χ3n) is 2.73. The number of nitrogens with zero attached hydrogens (tertiary/aromatic N) is 3. The van der Waals surface area contributed by atoms with Crippen molar-refractivity contribution in [2.75, 3.05) is 11.9 Å². The van der Waals surface area contributed by atoms with E-state index in [2.05, 4.69) is 39.5 Å². The molecule has 0 saturated heterocycles. The summed E-state index contributed by atoms with van der Waals surface area (Å²) >= 11 is 3.30. The summed E-state index contributed by atoms with van der Waals surface area (Å²) in [5.41, 5.74) is 2.27. The third-order valence-corrected chi connectivity index (χ3v) is 4.83. The molecule has 0 unspecified atom stereocenters. The third kappa shape index (κ3) is 3.93. The molecule has 0 radical (unpaired) electrons. The fraction of sp³-hybridized carbons (Fsp3) is 0.500. The van der Waals surface area contributed by atoms with Crippen LogP contribution in [0.3, 0.4) is 0 Å². The fourth-order valence-electron chi connectivity index (χ4n) is 1.82. The number of thiazole rings is 1. The smallest absolute Gasteiger partial charge is 0.156 e. The van der Waals surface area contributed by atoms with E-state index in [0.29, 0.717) is 0 Å². The van der Waals surface area contributed by atoms with Crippen molar-refractivity contribution in [1.29, 1.82) is 0 Å². The van der Waals surface area contributed by atoms with Crippen LogP contribution in [0, 0.1) is 6.92 Å². The summed E-state index contributed by atoms with van der Waals surface area (Å²) in [5, 5.41) is 6.49. The van der Waals surface area contributed by atoms with Crippen LogP contribution in [0.2, 0.25) is 0 Å². The van der Waals surface area contributed by atoms with Gasteiger partial charge >= 0.3 is 0 Å². The Balaban J connectivity index is 2.25. The summed E-state index contributed by atoms with van der Waals surface area (Å²) in [7, 11) is 0. The zero-order valence-corrected chi connectivity index (χ0v) is 13.8. The van der Waals surface area contributed by atoms with Crippen LogP contribution in [0.15, 0.2) is 21.1 Å². The van der Waals surface area contributed by atoms with Gasteiger partial charge in [-0.25, -0.2) is 15.0 Å². The molecular formula is C14H20N4S2. The van der Waals surface area contributed by atoms with Gasteiger partial charge in [-0.2, -0.15) is 0 Å². The summed E-state index contributed by atoms with van der Waals surface area (Å²) in [6.45, 7) is 7.29. The van der Waals surface area contributed by atoms with Crippen molar-refractivity contribution in [2.24, 2.45) is 0 Å². The number of rotatable bonds is 7. The second kappa shape index (κ2) is 7.59. The average molecular weight is 308 g/mol. The van der Waals surface area contributed by atoms with Gasteiger partial charge in [0.05, 0.1) is 0 Å². The van der Waals surface area contributed by atoms with Gasteiger partial charge in [-0.3, -0.25) is 0 Å². The van der Waals surface area contributed by atoms with Gasteiger partial charge in [0.15, 0.2) is 4.34 Å². The van der Waals surface area contributed by atoms with Crippen LogP contribution in [-0.4, -0.2) is 21.5 Å². The molecule has 1 N–H and O–H groups in total. The van der Waals surface area contributed by atoms with Crippen molar-refractivity contribution in [1.82, 2.24) is 15.0 Å². The van der Waals surface area contributed by atoms with Crippen LogP contribution in [0.5, 0.6) is 0 Å². The summed E-state index contributed by atoms with van der Waals surface area (Å²) in [6, 6.07) is 0. The lowest BCUT2D eigenvalue weighted by molar-refractivity contribution is 0.848. The lowest BCUT2D eigenvalue weighted by Gasteiger charge is -2.12. The van der Waals surface area contributed by atoms with Gasteiger partial charge in [0.1, 0.15) is 17.2 Å². The second-order valence-corrected chi connectivity index (χ2v) is 6.63. The highest BCUT2D eigenvalue weighted by Gasteiger charge is 2.13. The first-order valence-corrected chi connectivity index (χ1v) is 8.62. The van der Waals surface area contributed by atoms with E-state index in [4.69, 9.17) is 0 Å². The Morgan fingerprint density at radius 1 is 1.25 bits per heavy atom. The standard InChI is InChI=1S/C14H20N4S2/c1-4-6-11-12(15-7-5-2)16-9-17-13(11)20-14-18-10(3)8-19-14/h8-9H,4-7H2,1-3H3,(H,15,16,17). The molecule has 0 bridgehead atoms. The van der Waals surface area contributed by atoms with Crippen molar-refractivity contribution in [3.05, 3.63) is 23.0 Å². The van der Waals surface area contributed by atoms with E-state index in [1.54, 1.807) is 29.4 Å². The molecule has 0 aliphatic rings. The lowest BCUT2D eigenvalue weighted by atomic mass is 10.2. The topological polar surface area (TPSA) is 50.7 Å². The normalized spacial score (nSPS) is 10.8. The fourth-order valence-corrected chi connectivity index (χ4v) is 3.69. The highest BCUT2D eigenvalue weighted by molar-refractivity contribution is 8.01. The Bertz CT molecular complexity index is 554. The minimum Gasteiger partial charge on any atom is -0.370 e. The maximum atomic E-state index is 4.50. The van der Waals surface area contributed by atoms with Crippen LogP contribution >= 0.6 is 23.1 Å². The molecule has 0 aromatic carbocycles. The SMILES string of the molecule is CCCNc1ncnc(Sc2nc(C)cs2)c1CCC. The molecule has 0 saturated carbocycles. The number of hydrogen-bond acceptors (Lipinski definition) is 6. The minimum atomic E-state index is 0.939. The Hall–Kier alpha value is -1.14. The molecule has 0 atom stereocenters. The molecule has 0 aliphatic carbocycles. The van der Waals surface area contributed by atoms with Gasteiger partial charge < -0.3 is 5.32 Å². The van der Waals surface area contributed by atoms with E-state index in [1.165, 1.54) is 5.56 Å². The number of aryl methyl sites for hydroxylation is 1. The monoisotopic (exact) mass is 308 g/mol. The molecule has 0 fully saturated rings. The molecule has 4 nitrogen and oxygen atoms in total. The molecule has 0 amide bonds. The molecule has 0 aliphatic heterocycles. The largest absolute Gasteiger partial charge is 0.370 e. The molecular weight excluding hydrogens is 288 g/mol. The van der Waals surface area contributed by atoms with Crippen LogP contribution in [-0.2, 0) is 6.42 Å². The molecule has 6 heteroatoms. The van der Waals surface area contributed by atoms with Gasteiger partial charge in [0.2, 0.25) is 0 Å². The van der Waals surface area contributed by atoms with Crippen LogP contribution in [0.25, 0.3) is 0 Å². The van der Waals surface area contributed by atoms with Gasteiger partial charge in [0, 0.05) is 23.2 Å². The second-order valence-electron chi connectivity index (χ2n) is 4.54. The first-order valence-electron chi connectivity index (χ1n) is 6.92. The quantitative estimate of drug-likeness (QED) is 0.778. The summed E-state index contributed by atoms with van der Waals surface area (Å²) in [6.07, 6.45) is 4.79. The zero-order valence-electron chi connectivity index (χ0n) is 12.1. The number of nitrogens with one attached hydrogen (secondary N) is 1. The number of anilines is 1. The highest BCUT2D eigenvalue weighted by Crippen LogP contribution is 2.33. The molecule has 2 aromatic rings. The van der Waals surface area contributed by atoms with E-state index in [-0.39, 0.29) is 0 Å². The lowest BCUT2D eigenvalue weighted by Crippen LogP contribution is -2.07. The molecule has 0 spiro atoms. The zero-order chi connectivity index (χ0) is 14.4. The summed E-state index contributed by atoms with van der Waals surface area (Å²) in [4.78, 5) is 13.3. The molecule has 2 aromatic heterocycles. The first-order chi connectivity index (χ1) is 9.74. The Morgan fingerprint density at radius 3 is 2.75 bits per heavy atom. The predicted molar refractivity (Wildman–Crippen MR) is 85.8 cm³/mol. The Morgan fingerprint density at radius 2 is 2.10 bits per heavy atom. The van der Waals surface area contributed by atoms with Gasteiger partial charge in [-0.05, 0) is 31.5 Å². The van der Waals surface area contributed by atoms with E-state index in [1.807, 2.05) is 6.92 Å². The van der Waals surface area contributed by atoms with Gasteiger partial charge in [-0.15, -0.1) is 11.3 Å². The van der Waals surface area contributed by atoms with Crippen LogP contribution in [0.1, 0.15) is 37.9 Å². The van der Waals surface area contributed by atoms with Gasteiger partial charge in [0.25, 0.3) is 0 Å². The van der Waals surface area contributed by atoms with E-state index in [9.17, 15) is 0 Å². The van der Waals surface area contributed by atoms with Crippen molar-refractivity contribution in [3.63, 3.8) is 0 Å². The van der Waals surface area contributed by atoms with E-state index >= 15 is 0 Å². The minimum absolute atomic E-state index is 0.939. The number of aromatic nitrogens is 3. The van der Waals surface area contributed by atoms with Gasteiger partial charge in [-0.1, -0.05) is 20.3 Å². The Labute approximate surface area is 128 Å². The summed E-state index contributed by atoms with van der Waals surface area (Å²) < 4.78 is 1.04. The molecule has 20 heavy (non-hydrogen) atoms. The van der Waals surface area contributed by atoms with Crippen LogP contribution < -0.4 is 5.32 Å².